The van der Waals surface area contributed by atoms with E-state index in [0.29, 0.717) is 5.92 Å². The molecule has 2 fully saturated rings. The molecule has 0 bridgehead atoms. The highest BCUT2D eigenvalue weighted by Gasteiger charge is 2.42. The van der Waals surface area contributed by atoms with Crippen molar-refractivity contribution in [3.63, 3.8) is 0 Å². The third-order valence-electron chi connectivity index (χ3n) is 5.66. The molecule has 1 aliphatic heterocycles. The van der Waals surface area contributed by atoms with Gasteiger partial charge in [0, 0.05) is 12.6 Å². The van der Waals surface area contributed by atoms with Crippen LogP contribution in [0.2, 0.25) is 0 Å². The van der Waals surface area contributed by atoms with E-state index in [1.54, 1.807) is 12.1 Å². The molecular formula is C19H28ClFN2O. The summed E-state index contributed by atoms with van der Waals surface area (Å²) < 4.78 is 13.7. The first-order chi connectivity index (χ1) is 11.1. The molecule has 1 heterocycles. The van der Waals surface area contributed by atoms with Gasteiger partial charge in [0.1, 0.15) is 5.82 Å². The lowest BCUT2D eigenvalue weighted by molar-refractivity contribution is -0.129. The van der Waals surface area contributed by atoms with Crippen LogP contribution in [0.25, 0.3) is 0 Å². The molecule has 2 unspecified atom stereocenters. The maximum atomic E-state index is 13.7. The Hall–Kier alpha value is -1.13. The van der Waals surface area contributed by atoms with E-state index in [0.717, 1.165) is 57.2 Å². The number of hydrogen-bond donors (Lipinski definition) is 2. The van der Waals surface area contributed by atoms with Crippen molar-refractivity contribution in [2.75, 3.05) is 13.1 Å². The minimum atomic E-state index is -0.558. The average molecular weight is 355 g/mol. The smallest absolute Gasteiger partial charge is 0.230 e. The molecule has 0 spiro atoms. The minimum absolute atomic E-state index is 0. The quantitative estimate of drug-likeness (QED) is 0.871. The summed E-state index contributed by atoms with van der Waals surface area (Å²) in [6.07, 6.45) is 5.93. The number of piperidine rings is 1. The fourth-order valence-electron chi connectivity index (χ4n) is 4.08. The molecule has 1 aromatic carbocycles. The maximum absolute atomic E-state index is 13.7. The molecular weight excluding hydrogens is 327 g/mol. The van der Waals surface area contributed by atoms with Gasteiger partial charge in [0.2, 0.25) is 5.91 Å². The van der Waals surface area contributed by atoms with Crippen LogP contribution in [0.4, 0.5) is 4.39 Å². The van der Waals surface area contributed by atoms with Gasteiger partial charge in [-0.05, 0) is 49.4 Å². The molecule has 134 valence electrons. The number of carbonyl (C=O) groups is 1. The van der Waals surface area contributed by atoms with Crippen LogP contribution >= 0.6 is 12.4 Å². The fourth-order valence-corrected chi connectivity index (χ4v) is 4.08. The predicted molar refractivity (Wildman–Crippen MR) is 97.0 cm³/mol. The third kappa shape index (κ3) is 3.92. The molecule has 2 aliphatic rings. The van der Waals surface area contributed by atoms with Crippen molar-refractivity contribution in [3.05, 3.63) is 35.6 Å². The molecule has 0 radical (unpaired) electrons. The highest BCUT2D eigenvalue weighted by atomic mass is 35.5. The monoisotopic (exact) mass is 354 g/mol. The molecule has 1 saturated carbocycles. The normalized spacial score (nSPS) is 26.2. The Bertz CT molecular complexity index is 560. The van der Waals surface area contributed by atoms with Crippen molar-refractivity contribution in [2.45, 2.75) is 56.9 Å². The van der Waals surface area contributed by atoms with E-state index in [4.69, 9.17) is 0 Å². The van der Waals surface area contributed by atoms with Crippen LogP contribution in [0.15, 0.2) is 24.3 Å². The number of rotatable bonds is 3. The Balaban J connectivity index is 0.00000208. The Morgan fingerprint density at radius 2 is 2.04 bits per heavy atom. The summed E-state index contributed by atoms with van der Waals surface area (Å²) in [6.45, 7) is 4.04. The van der Waals surface area contributed by atoms with Gasteiger partial charge in [0.25, 0.3) is 0 Å². The first-order valence-corrected chi connectivity index (χ1v) is 8.89. The molecule has 1 saturated heterocycles. The largest absolute Gasteiger partial charge is 0.351 e. The van der Waals surface area contributed by atoms with E-state index in [1.807, 2.05) is 6.07 Å². The van der Waals surface area contributed by atoms with E-state index in [2.05, 4.69) is 17.6 Å². The predicted octanol–water partition coefficient (Wildman–Crippen LogP) is 3.56. The highest BCUT2D eigenvalue weighted by molar-refractivity contribution is 5.88. The van der Waals surface area contributed by atoms with Crippen LogP contribution in [-0.2, 0) is 10.2 Å². The summed E-state index contributed by atoms with van der Waals surface area (Å²) in [5.74, 6) is 0.310. The molecule has 3 nitrogen and oxygen atoms in total. The van der Waals surface area contributed by atoms with Crippen LogP contribution in [0, 0.1) is 11.7 Å². The van der Waals surface area contributed by atoms with Crippen LogP contribution in [0.3, 0.4) is 0 Å². The highest BCUT2D eigenvalue weighted by Crippen LogP contribution is 2.40. The molecule has 3 rings (SSSR count). The number of amides is 1. The number of nitrogens with one attached hydrogen (secondary N) is 2. The number of carbonyl (C=O) groups excluding carboxylic acids is 1. The van der Waals surface area contributed by atoms with Gasteiger partial charge >= 0.3 is 0 Å². The zero-order chi connectivity index (χ0) is 16.3. The maximum Gasteiger partial charge on any atom is 0.230 e. The van der Waals surface area contributed by atoms with E-state index in [9.17, 15) is 9.18 Å². The van der Waals surface area contributed by atoms with E-state index in [-0.39, 0.29) is 30.2 Å². The molecule has 24 heavy (non-hydrogen) atoms. The first kappa shape index (κ1) is 19.2. The third-order valence-corrected chi connectivity index (χ3v) is 5.66. The second kappa shape index (κ2) is 8.30. The van der Waals surface area contributed by atoms with Crippen molar-refractivity contribution in [2.24, 2.45) is 5.92 Å². The van der Waals surface area contributed by atoms with Gasteiger partial charge in [0.05, 0.1) is 5.41 Å². The summed E-state index contributed by atoms with van der Waals surface area (Å²) in [4.78, 5) is 13.2. The van der Waals surface area contributed by atoms with E-state index < -0.39 is 5.41 Å². The molecule has 2 atom stereocenters. The second-order valence-corrected chi connectivity index (χ2v) is 7.20. The first-order valence-electron chi connectivity index (χ1n) is 8.89. The van der Waals surface area contributed by atoms with Gasteiger partial charge in [-0.1, -0.05) is 38.3 Å². The van der Waals surface area contributed by atoms with Gasteiger partial charge in [-0.3, -0.25) is 4.79 Å². The zero-order valence-electron chi connectivity index (χ0n) is 14.3. The molecule has 2 N–H and O–H groups in total. The van der Waals surface area contributed by atoms with Crippen LogP contribution in [0.5, 0.6) is 0 Å². The Morgan fingerprint density at radius 1 is 1.29 bits per heavy atom. The van der Waals surface area contributed by atoms with E-state index in [1.165, 1.54) is 6.07 Å². The van der Waals surface area contributed by atoms with Gasteiger partial charge in [-0.2, -0.15) is 0 Å². The molecule has 1 aliphatic carbocycles. The minimum Gasteiger partial charge on any atom is -0.351 e. The summed E-state index contributed by atoms with van der Waals surface area (Å²) in [7, 11) is 0. The van der Waals surface area contributed by atoms with Crippen molar-refractivity contribution in [1.29, 1.82) is 0 Å². The van der Waals surface area contributed by atoms with Crippen LogP contribution < -0.4 is 10.6 Å². The van der Waals surface area contributed by atoms with Gasteiger partial charge in [-0.15, -0.1) is 12.4 Å². The van der Waals surface area contributed by atoms with E-state index >= 15 is 0 Å². The lowest BCUT2D eigenvalue weighted by Crippen LogP contribution is -2.55. The topological polar surface area (TPSA) is 41.1 Å². The number of halogens is 2. The standard InChI is InChI=1S/C19H27FN2O.ClH/c1-14-8-11-21-13-17(14)22-18(23)19(9-3-2-4-10-19)15-6-5-7-16(20)12-15;/h5-7,12,14,17,21H,2-4,8-11,13H2,1H3,(H,22,23);1H. The lowest BCUT2D eigenvalue weighted by Gasteiger charge is -2.39. The van der Waals surface area contributed by atoms with Gasteiger partial charge in [0.15, 0.2) is 0 Å². The Labute approximate surface area is 150 Å². The zero-order valence-corrected chi connectivity index (χ0v) is 15.1. The second-order valence-electron chi connectivity index (χ2n) is 7.20. The van der Waals surface area contributed by atoms with Gasteiger partial charge < -0.3 is 10.6 Å². The van der Waals surface area contributed by atoms with Crippen LogP contribution in [0.1, 0.15) is 51.0 Å². The summed E-state index contributed by atoms with van der Waals surface area (Å²) >= 11 is 0. The Morgan fingerprint density at radius 3 is 2.71 bits per heavy atom. The van der Waals surface area contributed by atoms with Crippen molar-refractivity contribution < 1.29 is 9.18 Å². The van der Waals surface area contributed by atoms with Crippen molar-refractivity contribution in [3.8, 4) is 0 Å². The SMILES string of the molecule is CC1CCNCC1NC(=O)C1(c2cccc(F)c2)CCCCC1.Cl. The van der Waals surface area contributed by atoms with Crippen molar-refractivity contribution in [1.82, 2.24) is 10.6 Å². The summed E-state index contributed by atoms with van der Waals surface area (Å²) in [5.41, 5.74) is 0.281. The number of hydrogen-bond acceptors (Lipinski definition) is 2. The number of benzene rings is 1. The average Bonchev–Trinajstić information content (AvgIpc) is 2.57. The molecule has 5 heteroatoms. The molecule has 1 aromatic rings. The van der Waals surface area contributed by atoms with Crippen LogP contribution in [-0.4, -0.2) is 25.0 Å². The Kier molecular flexibility index (Phi) is 6.64. The fraction of sp³-hybridized carbons (Fsp3) is 0.632. The van der Waals surface area contributed by atoms with Gasteiger partial charge in [-0.25, -0.2) is 4.39 Å². The molecule has 1 amide bonds. The van der Waals surface area contributed by atoms with Crippen molar-refractivity contribution >= 4 is 18.3 Å². The summed E-state index contributed by atoms with van der Waals surface area (Å²) in [6, 6.07) is 6.80. The lowest BCUT2D eigenvalue weighted by atomic mass is 9.68. The summed E-state index contributed by atoms with van der Waals surface area (Å²) in [5, 5.41) is 6.63. The molecule has 0 aromatic heterocycles.